The first-order valence-electron chi connectivity index (χ1n) is 10.5. The van der Waals surface area contributed by atoms with Crippen LogP contribution in [0.25, 0.3) is 0 Å². The summed E-state index contributed by atoms with van der Waals surface area (Å²) in [6.07, 6.45) is 7.73. The number of pyridine rings is 2. The van der Waals surface area contributed by atoms with Gasteiger partial charge in [0, 0.05) is 38.1 Å². The fourth-order valence-corrected chi connectivity index (χ4v) is 4.50. The maximum absolute atomic E-state index is 12.7. The molecule has 0 aliphatic carbocycles. The Morgan fingerprint density at radius 3 is 2.69 bits per heavy atom. The van der Waals surface area contributed by atoms with Crippen molar-refractivity contribution in [3.63, 3.8) is 0 Å². The zero-order chi connectivity index (χ0) is 20.1. The van der Waals surface area contributed by atoms with Gasteiger partial charge in [0.25, 0.3) is 0 Å². The molecule has 4 heterocycles. The van der Waals surface area contributed by atoms with Crippen molar-refractivity contribution in [1.82, 2.24) is 20.2 Å². The molecule has 0 radical (unpaired) electrons. The van der Waals surface area contributed by atoms with E-state index in [9.17, 15) is 4.79 Å². The maximum atomic E-state index is 12.7. The molecule has 1 atom stereocenters. The van der Waals surface area contributed by atoms with Crippen LogP contribution < -0.4 is 10.2 Å². The van der Waals surface area contributed by atoms with E-state index in [1.807, 2.05) is 30.3 Å². The van der Waals surface area contributed by atoms with E-state index in [2.05, 4.69) is 25.1 Å². The monoisotopic (exact) mass is 413 g/mol. The summed E-state index contributed by atoms with van der Waals surface area (Å²) in [4.78, 5) is 26.2. The van der Waals surface area contributed by atoms with E-state index < -0.39 is 0 Å². The van der Waals surface area contributed by atoms with Crippen molar-refractivity contribution in [3.8, 4) is 0 Å². The molecule has 0 bridgehead atoms. The summed E-state index contributed by atoms with van der Waals surface area (Å²) in [5.74, 6) is 1.23. The van der Waals surface area contributed by atoms with Gasteiger partial charge >= 0.3 is 0 Å². The van der Waals surface area contributed by atoms with Crippen molar-refractivity contribution in [3.05, 3.63) is 53.4 Å². The molecule has 29 heavy (non-hydrogen) atoms. The number of aromatic nitrogens is 2. The highest BCUT2D eigenvalue weighted by Gasteiger charge is 2.31. The fourth-order valence-electron chi connectivity index (χ4n) is 4.39. The maximum Gasteiger partial charge on any atom is 0.224 e. The van der Waals surface area contributed by atoms with Gasteiger partial charge in [0.05, 0.1) is 23.2 Å². The van der Waals surface area contributed by atoms with E-state index in [0.29, 0.717) is 17.6 Å². The third-order valence-electron chi connectivity index (χ3n) is 6.01. The van der Waals surface area contributed by atoms with E-state index in [1.54, 1.807) is 12.4 Å². The Morgan fingerprint density at radius 1 is 1.10 bits per heavy atom. The zero-order valence-corrected chi connectivity index (χ0v) is 17.4. The number of carbonyl (C=O) groups excluding carboxylic acids is 1. The van der Waals surface area contributed by atoms with Gasteiger partial charge in [0.15, 0.2) is 0 Å². The molecule has 2 aliphatic rings. The van der Waals surface area contributed by atoms with Crippen molar-refractivity contribution in [2.75, 3.05) is 31.1 Å². The van der Waals surface area contributed by atoms with Gasteiger partial charge in [-0.25, -0.2) is 4.98 Å². The van der Waals surface area contributed by atoms with Crippen LogP contribution in [0.3, 0.4) is 0 Å². The number of rotatable bonds is 5. The first-order valence-corrected chi connectivity index (χ1v) is 10.8. The van der Waals surface area contributed by atoms with Gasteiger partial charge in [-0.1, -0.05) is 17.7 Å². The summed E-state index contributed by atoms with van der Waals surface area (Å²) >= 11 is 5.95. The summed E-state index contributed by atoms with van der Waals surface area (Å²) in [7, 11) is 0. The van der Waals surface area contributed by atoms with Gasteiger partial charge in [-0.05, 0) is 56.5 Å². The van der Waals surface area contributed by atoms with Crippen LogP contribution in [0.4, 0.5) is 5.82 Å². The number of hydrogen-bond acceptors (Lipinski definition) is 5. The van der Waals surface area contributed by atoms with Crippen molar-refractivity contribution in [2.45, 2.75) is 38.3 Å². The molecule has 1 N–H and O–H groups in total. The van der Waals surface area contributed by atoms with Gasteiger partial charge < -0.3 is 10.2 Å². The van der Waals surface area contributed by atoms with Gasteiger partial charge in [0.2, 0.25) is 5.91 Å². The van der Waals surface area contributed by atoms with E-state index >= 15 is 0 Å². The molecule has 154 valence electrons. The van der Waals surface area contributed by atoms with Crippen molar-refractivity contribution in [2.24, 2.45) is 5.92 Å². The highest BCUT2D eigenvalue weighted by atomic mass is 35.5. The lowest BCUT2D eigenvalue weighted by atomic mass is 9.93. The minimum Gasteiger partial charge on any atom is -0.357 e. The summed E-state index contributed by atoms with van der Waals surface area (Å²) < 4.78 is 0. The van der Waals surface area contributed by atoms with E-state index in [0.717, 1.165) is 63.4 Å². The fraction of sp³-hybridized carbons (Fsp3) is 0.500. The average Bonchev–Trinajstić information content (AvgIpc) is 2.79. The Hall–Kier alpha value is -2.18. The minimum atomic E-state index is 0.0726. The molecule has 4 rings (SSSR count). The van der Waals surface area contributed by atoms with Crippen LogP contribution in [0.2, 0.25) is 5.02 Å². The van der Waals surface area contributed by atoms with Gasteiger partial charge in [-0.15, -0.1) is 0 Å². The molecular formula is C22H28ClN5O. The third-order valence-corrected chi connectivity index (χ3v) is 6.23. The molecule has 2 aromatic rings. The minimum absolute atomic E-state index is 0.0726. The number of halogens is 1. The molecular weight excluding hydrogens is 386 g/mol. The molecule has 0 saturated carbocycles. The second-order valence-electron chi connectivity index (χ2n) is 7.93. The normalized spacial score (nSPS) is 21.1. The number of carbonyl (C=O) groups is 1. The van der Waals surface area contributed by atoms with Crippen molar-refractivity contribution >= 4 is 23.3 Å². The van der Waals surface area contributed by atoms with Crippen LogP contribution in [0.5, 0.6) is 0 Å². The lowest BCUT2D eigenvalue weighted by Crippen LogP contribution is -2.50. The van der Waals surface area contributed by atoms with Crippen LogP contribution in [-0.2, 0) is 11.3 Å². The van der Waals surface area contributed by atoms with E-state index in [-0.39, 0.29) is 11.8 Å². The summed E-state index contributed by atoms with van der Waals surface area (Å²) in [6.45, 7) is 4.44. The van der Waals surface area contributed by atoms with Crippen molar-refractivity contribution < 1.29 is 4.79 Å². The van der Waals surface area contributed by atoms with E-state index in [4.69, 9.17) is 11.6 Å². The second kappa shape index (κ2) is 9.55. The van der Waals surface area contributed by atoms with Gasteiger partial charge in [-0.3, -0.25) is 14.7 Å². The SMILES string of the molecule is O=C(NCc1ccccn1)C1CCCN(C2CCN(c3ccc(Cl)cn3)CC2)C1. The smallest absolute Gasteiger partial charge is 0.224 e. The Bertz CT molecular complexity index is 793. The second-order valence-corrected chi connectivity index (χ2v) is 8.36. The van der Waals surface area contributed by atoms with Crippen molar-refractivity contribution in [1.29, 1.82) is 0 Å². The molecule has 2 aromatic heterocycles. The number of amides is 1. The van der Waals surface area contributed by atoms with Gasteiger partial charge in [-0.2, -0.15) is 0 Å². The number of hydrogen-bond donors (Lipinski definition) is 1. The predicted molar refractivity (Wildman–Crippen MR) is 115 cm³/mol. The summed E-state index contributed by atoms with van der Waals surface area (Å²) in [5.41, 5.74) is 0.900. The third kappa shape index (κ3) is 5.25. The summed E-state index contributed by atoms with van der Waals surface area (Å²) in [6, 6.07) is 10.2. The molecule has 2 fully saturated rings. The standard InChI is InChI=1S/C22H28ClN5O/c23-18-6-7-21(25-14-18)27-12-8-20(9-13-27)28-11-3-4-17(16-28)22(29)26-15-19-5-1-2-10-24-19/h1-2,5-7,10,14,17,20H,3-4,8-9,11-13,15-16H2,(H,26,29). The first-order chi connectivity index (χ1) is 14.2. The Morgan fingerprint density at radius 2 is 1.97 bits per heavy atom. The first kappa shape index (κ1) is 20.1. The molecule has 7 heteroatoms. The largest absolute Gasteiger partial charge is 0.357 e. The van der Waals surface area contributed by atoms with Crippen LogP contribution in [-0.4, -0.2) is 53.0 Å². The average molecular weight is 414 g/mol. The highest BCUT2D eigenvalue weighted by molar-refractivity contribution is 6.30. The number of anilines is 1. The quantitative estimate of drug-likeness (QED) is 0.815. The Balaban J connectivity index is 1.26. The molecule has 0 aromatic carbocycles. The van der Waals surface area contributed by atoms with Crippen LogP contribution in [0, 0.1) is 5.92 Å². The number of piperidine rings is 2. The van der Waals surface area contributed by atoms with Crippen LogP contribution in [0.15, 0.2) is 42.7 Å². The number of nitrogens with zero attached hydrogens (tertiary/aromatic N) is 4. The topological polar surface area (TPSA) is 61.4 Å². The van der Waals surface area contributed by atoms with E-state index in [1.165, 1.54) is 0 Å². The Kier molecular flexibility index (Phi) is 6.62. The predicted octanol–water partition coefficient (Wildman–Crippen LogP) is 3.13. The van der Waals surface area contributed by atoms with Crippen LogP contribution >= 0.6 is 11.6 Å². The number of nitrogens with one attached hydrogen (secondary N) is 1. The molecule has 6 nitrogen and oxygen atoms in total. The molecule has 1 amide bonds. The highest BCUT2D eigenvalue weighted by Crippen LogP contribution is 2.26. The molecule has 2 saturated heterocycles. The lowest BCUT2D eigenvalue weighted by molar-refractivity contribution is -0.127. The number of likely N-dealkylation sites (tertiary alicyclic amines) is 1. The zero-order valence-electron chi connectivity index (χ0n) is 16.6. The molecule has 1 unspecified atom stereocenters. The van der Waals surface area contributed by atoms with Gasteiger partial charge in [0.1, 0.15) is 5.82 Å². The lowest BCUT2D eigenvalue weighted by Gasteiger charge is -2.42. The Labute approximate surface area is 177 Å². The summed E-state index contributed by atoms with van der Waals surface area (Å²) in [5, 5.41) is 3.74. The molecule has 0 spiro atoms. The molecule has 2 aliphatic heterocycles. The van der Waals surface area contributed by atoms with Crippen LogP contribution in [0.1, 0.15) is 31.4 Å².